The summed E-state index contributed by atoms with van der Waals surface area (Å²) in [5.41, 5.74) is 1.17. The van der Waals surface area contributed by atoms with Crippen LogP contribution in [0, 0.1) is 11.8 Å². The lowest BCUT2D eigenvalue weighted by Gasteiger charge is -2.37. The van der Waals surface area contributed by atoms with E-state index in [1.165, 1.54) is 31.5 Å². The van der Waals surface area contributed by atoms with E-state index in [0.717, 1.165) is 56.4 Å². The van der Waals surface area contributed by atoms with Gasteiger partial charge in [-0.15, -0.1) is 0 Å². The van der Waals surface area contributed by atoms with Gasteiger partial charge in [0.2, 0.25) is 12.7 Å². The van der Waals surface area contributed by atoms with E-state index < -0.39 is 0 Å². The predicted octanol–water partition coefficient (Wildman–Crippen LogP) is 3.26. The number of anilines is 1. The number of nitrogens with zero attached hydrogens (tertiary/aromatic N) is 2. The van der Waals surface area contributed by atoms with E-state index in [1.807, 2.05) is 19.9 Å². The molecule has 4 rings (SSSR count). The second kappa shape index (κ2) is 9.24. The molecule has 1 N–H and O–H groups in total. The lowest BCUT2D eigenvalue weighted by molar-refractivity contribution is -0.125. The summed E-state index contributed by atoms with van der Waals surface area (Å²) in [5.74, 6) is 2.87. The number of piperazine rings is 1. The maximum Gasteiger partial charge on any atom is 0.231 e. The number of hydrogen-bond donors (Lipinski definition) is 1. The summed E-state index contributed by atoms with van der Waals surface area (Å²) in [4.78, 5) is 16.9. The number of fused-ring (bicyclic) bond motifs is 1. The van der Waals surface area contributed by atoms with Crippen molar-refractivity contribution in [2.24, 2.45) is 11.8 Å². The number of rotatable bonds is 6. The largest absolute Gasteiger partial charge is 0.454 e. The topological polar surface area (TPSA) is 54.0 Å². The van der Waals surface area contributed by atoms with E-state index in [2.05, 4.69) is 27.2 Å². The van der Waals surface area contributed by atoms with Gasteiger partial charge < -0.3 is 19.7 Å². The number of para-hydroxylation sites is 1. The Morgan fingerprint density at radius 1 is 1.10 bits per heavy atom. The average molecular weight is 402 g/mol. The van der Waals surface area contributed by atoms with E-state index in [0.29, 0.717) is 12.8 Å². The maximum absolute atomic E-state index is 11.9. The summed E-state index contributed by atoms with van der Waals surface area (Å²) in [6.07, 6.45) is 6.05. The molecule has 160 valence electrons. The molecule has 2 aliphatic heterocycles. The van der Waals surface area contributed by atoms with Crippen LogP contribution in [-0.4, -0.2) is 56.4 Å². The number of hydrogen-bond acceptors (Lipinski definition) is 5. The first-order chi connectivity index (χ1) is 14.1. The molecule has 6 nitrogen and oxygen atoms in total. The van der Waals surface area contributed by atoms with Gasteiger partial charge >= 0.3 is 0 Å². The molecule has 1 aromatic carbocycles. The van der Waals surface area contributed by atoms with Crippen molar-refractivity contribution >= 4 is 11.6 Å². The fraction of sp³-hybridized carbons (Fsp3) is 0.696. The minimum atomic E-state index is 0.0856. The van der Waals surface area contributed by atoms with Crippen LogP contribution in [-0.2, 0) is 4.79 Å². The zero-order valence-electron chi connectivity index (χ0n) is 17.9. The second-order valence-electron chi connectivity index (χ2n) is 9.01. The summed E-state index contributed by atoms with van der Waals surface area (Å²) in [6.45, 7) is 9.72. The standard InChI is InChI=1S/C23H35N3O3/c1-17(2)23(27)24-19-8-6-18(7-9-19)10-11-25-12-14-26(15-13-25)20-4-3-5-21-22(20)29-16-28-21/h3-5,17-19H,6-16H2,1-2H3,(H,24,27)/t18-,19-. The number of amides is 1. The third-order valence-corrected chi connectivity index (χ3v) is 6.66. The van der Waals surface area contributed by atoms with Gasteiger partial charge in [0.1, 0.15) is 0 Å². The van der Waals surface area contributed by atoms with Gasteiger partial charge in [-0.05, 0) is 56.7 Å². The maximum atomic E-state index is 11.9. The van der Waals surface area contributed by atoms with Crippen LogP contribution in [0.25, 0.3) is 0 Å². The molecule has 1 amide bonds. The van der Waals surface area contributed by atoms with E-state index in [4.69, 9.17) is 9.47 Å². The molecule has 6 heteroatoms. The fourth-order valence-electron chi connectivity index (χ4n) is 4.70. The van der Waals surface area contributed by atoms with Crippen LogP contribution in [0.1, 0.15) is 46.0 Å². The molecule has 1 aliphatic carbocycles. The van der Waals surface area contributed by atoms with Crippen LogP contribution in [0.15, 0.2) is 18.2 Å². The van der Waals surface area contributed by atoms with Crippen LogP contribution in [0.4, 0.5) is 5.69 Å². The zero-order valence-corrected chi connectivity index (χ0v) is 17.9. The molecule has 29 heavy (non-hydrogen) atoms. The molecule has 0 bridgehead atoms. The Labute approximate surface area is 174 Å². The first-order valence-electron chi connectivity index (χ1n) is 11.3. The highest BCUT2D eigenvalue weighted by atomic mass is 16.7. The molecule has 0 atom stereocenters. The average Bonchev–Trinajstić information content (AvgIpc) is 3.22. The van der Waals surface area contributed by atoms with Crippen LogP contribution >= 0.6 is 0 Å². The van der Waals surface area contributed by atoms with E-state index in [1.54, 1.807) is 0 Å². The van der Waals surface area contributed by atoms with Gasteiger partial charge in [-0.2, -0.15) is 0 Å². The molecular weight excluding hydrogens is 366 g/mol. The summed E-state index contributed by atoms with van der Waals surface area (Å²) in [6, 6.07) is 6.56. The Morgan fingerprint density at radius 2 is 1.86 bits per heavy atom. The fourth-order valence-corrected chi connectivity index (χ4v) is 4.70. The van der Waals surface area contributed by atoms with Crippen molar-refractivity contribution in [3.05, 3.63) is 18.2 Å². The van der Waals surface area contributed by atoms with Crippen molar-refractivity contribution in [1.29, 1.82) is 0 Å². The van der Waals surface area contributed by atoms with Gasteiger partial charge in [-0.25, -0.2) is 0 Å². The molecule has 1 saturated carbocycles. The van der Waals surface area contributed by atoms with Crippen LogP contribution in [0.2, 0.25) is 0 Å². The molecule has 1 saturated heterocycles. The highest BCUT2D eigenvalue weighted by molar-refractivity contribution is 5.78. The minimum absolute atomic E-state index is 0.0856. The smallest absolute Gasteiger partial charge is 0.231 e. The number of carbonyl (C=O) groups is 1. The third-order valence-electron chi connectivity index (χ3n) is 6.66. The molecule has 1 aromatic rings. The second-order valence-corrected chi connectivity index (χ2v) is 9.01. The summed E-state index contributed by atoms with van der Waals surface area (Å²) < 4.78 is 11.2. The third kappa shape index (κ3) is 4.97. The molecule has 0 aromatic heterocycles. The summed E-state index contributed by atoms with van der Waals surface area (Å²) in [7, 11) is 0. The SMILES string of the molecule is CC(C)C(=O)N[C@H]1CC[C@H](CCN2CCN(c3cccc4c3OCO4)CC2)CC1. The first kappa shape index (κ1) is 20.3. The van der Waals surface area contributed by atoms with Crippen molar-refractivity contribution < 1.29 is 14.3 Å². The Morgan fingerprint density at radius 3 is 2.59 bits per heavy atom. The molecule has 0 spiro atoms. The van der Waals surface area contributed by atoms with Gasteiger partial charge in [-0.3, -0.25) is 9.69 Å². The lowest BCUT2D eigenvalue weighted by atomic mass is 9.84. The number of benzene rings is 1. The Kier molecular flexibility index (Phi) is 6.48. The molecule has 2 fully saturated rings. The van der Waals surface area contributed by atoms with Crippen molar-refractivity contribution in [2.75, 3.05) is 44.4 Å². The van der Waals surface area contributed by atoms with E-state index in [-0.39, 0.29) is 11.8 Å². The number of carbonyl (C=O) groups excluding carboxylic acids is 1. The molecule has 2 heterocycles. The normalized spacial score (nSPS) is 24.7. The van der Waals surface area contributed by atoms with Gasteiger partial charge in [0.05, 0.1) is 5.69 Å². The number of ether oxygens (including phenoxy) is 2. The Hall–Kier alpha value is -1.95. The monoisotopic (exact) mass is 401 g/mol. The highest BCUT2D eigenvalue weighted by Gasteiger charge is 2.26. The minimum Gasteiger partial charge on any atom is -0.454 e. The zero-order chi connectivity index (χ0) is 20.2. The van der Waals surface area contributed by atoms with Gasteiger partial charge in [0.25, 0.3) is 0 Å². The van der Waals surface area contributed by atoms with Gasteiger partial charge in [0.15, 0.2) is 11.5 Å². The molecule has 3 aliphatic rings. The quantitative estimate of drug-likeness (QED) is 0.793. The number of nitrogens with one attached hydrogen (secondary N) is 1. The van der Waals surface area contributed by atoms with Crippen molar-refractivity contribution in [3.8, 4) is 11.5 Å². The lowest BCUT2D eigenvalue weighted by Crippen LogP contribution is -2.47. The van der Waals surface area contributed by atoms with E-state index >= 15 is 0 Å². The van der Waals surface area contributed by atoms with Crippen molar-refractivity contribution in [3.63, 3.8) is 0 Å². The van der Waals surface area contributed by atoms with Crippen molar-refractivity contribution in [1.82, 2.24) is 10.2 Å². The molecule has 0 unspecified atom stereocenters. The summed E-state index contributed by atoms with van der Waals surface area (Å²) >= 11 is 0. The highest BCUT2D eigenvalue weighted by Crippen LogP contribution is 2.41. The first-order valence-corrected chi connectivity index (χ1v) is 11.3. The summed E-state index contributed by atoms with van der Waals surface area (Å²) in [5, 5.41) is 3.21. The predicted molar refractivity (Wildman–Crippen MR) is 115 cm³/mol. The van der Waals surface area contributed by atoms with Crippen LogP contribution < -0.4 is 19.7 Å². The van der Waals surface area contributed by atoms with Crippen LogP contribution in [0.3, 0.4) is 0 Å². The molecule has 0 radical (unpaired) electrons. The van der Waals surface area contributed by atoms with E-state index in [9.17, 15) is 4.79 Å². The molecular formula is C23H35N3O3. The Balaban J connectivity index is 1.17. The van der Waals surface area contributed by atoms with Gasteiger partial charge in [0, 0.05) is 38.1 Å². The Bertz CT molecular complexity index is 693. The van der Waals surface area contributed by atoms with Crippen molar-refractivity contribution in [2.45, 2.75) is 52.0 Å². The van der Waals surface area contributed by atoms with Crippen LogP contribution in [0.5, 0.6) is 11.5 Å². The van der Waals surface area contributed by atoms with Gasteiger partial charge in [-0.1, -0.05) is 19.9 Å².